The van der Waals surface area contributed by atoms with Crippen LogP contribution >= 0.6 is 0 Å². The average molecular weight is 301 g/mol. The fraction of sp³-hybridized carbons (Fsp3) is 0.500. The van der Waals surface area contributed by atoms with Gasteiger partial charge in [0.1, 0.15) is 5.75 Å². The molecule has 4 heterocycles. The van der Waals surface area contributed by atoms with E-state index in [0.717, 1.165) is 25.0 Å². The third kappa shape index (κ3) is 2.23. The van der Waals surface area contributed by atoms with Crippen LogP contribution < -0.4 is 10.1 Å². The lowest BCUT2D eigenvalue weighted by Gasteiger charge is -2.44. The molecule has 0 unspecified atom stereocenters. The number of carbonyl (C=O) groups is 1. The maximum atomic E-state index is 12.5. The van der Waals surface area contributed by atoms with Crippen molar-refractivity contribution in [2.75, 3.05) is 26.7 Å². The van der Waals surface area contributed by atoms with Crippen molar-refractivity contribution < 1.29 is 14.1 Å². The minimum absolute atomic E-state index is 0.150. The molecule has 22 heavy (non-hydrogen) atoms. The van der Waals surface area contributed by atoms with Gasteiger partial charge in [0.25, 0.3) is 5.91 Å². The van der Waals surface area contributed by atoms with Crippen molar-refractivity contribution in [3.8, 4) is 5.75 Å². The van der Waals surface area contributed by atoms with Gasteiger partial charge in [0.2, 0.25) is 0 Å². The van der Waals surface area contributed by atoms with Crippen LogP contribution in [0.4, 0.5) is 0 Å². The molecule has 6 nitrogen and oxygen atoms in total. The zero-order valence-corrected chi connectivity index (χ0v) is 12.5. The molecule has 3 aliphatic rings. The van der Waals surface area contributed by atoms with E-state index < -0.39 is 0 Å². The quantitative estimate of drug-likeness (QED) is 0.934. The van der Waals surface area contributed by atoms with Crippen LogP contribution in [-0.2, 0) is 0 Å². The molecule has 0 spiro atoms. The van der Waals surface area contributed by atoms with Crippen LogP contribution in [-0.4, -0.2) is 48.7 Å². The Morgan fingerprint density at radius 1 is 1.41 bits per heavy atom. The van der Waals surface area contributed by atoms with E-state index in [1.165, 1.54) is 12.8 Å². The third-order valence-corrected chi connectivity index (χ3v) is 4.87. The van der Waals surface area contributed by atoms with Gasteiger partial charge in [0.15, 0.2) is 11.3 Å². The molecule has 1 atom stereocenters. The maximum Gasteiger partial charge on any atom is 0.274 e. The number of hydrogen-bond acceptors (Lipinski definition) is 5. The number of rotatable bonds is 3. The minimum atomic E-state index is -0.150. The molecule has 3 saturated heterocycles. The van der Waals surface area contributed by atoms with Crippen LogP contribution in [0.2, 0.25) is 0 Å². The van der Waals surface area contributed by atoms with Crippen molar-refractivity contribution in [2.45, 2.75) is 18.9 Å². The van der Waals surface area contributed by atoms with Crippen molar-refractivity contribution >= 4 is 16.9 Å². The number of piperidine rings is 3. The summed E-state index contributed by atoms with van der Waals surface area (Å²) in [4.78, 5) is 14.9. The highest BCUT2D eigenvalue weighted by atomic mass is 16.5. The Bertz CT molecular complexity index is 704. The van der Waals surface area contributed by atoms with Gasteiger partial charge in [-0.05, 0) is 44.0 Å². The monoisotopic (exact) mass is 301 g/mol. The van der Waals surface area contributed by atoms with E-state index >= 15 is 0 Å². The van der Waals surface area contributed by atoms with Gasteiger partial charge in [-0.1, -0.05) is 5.16 Å². The molecule has 0 radical (unpaired) electrons. The van der Waals surface area contributed by atoms with E-state index in [2.05, 4.69) is 15.4 Å². The summed E-state index contributed by atoms with van der Waals surface area (Å²) in [6.07, 6.45) is 2.34. The van der Waals surface area contributed by atoms with Crippen molar-refractivity contribution in [3.63, 3.8) is 0 Å². The lowest BCUT2D eigenvalue weighted by Crippen LogP contribution is -2.57. The third-order valence-electron chi connectivity index (χ3n) is 4.87. The van der Waals surface area contributed by atoms with Crippen molar-refractivity contribution in [2.24, 2.45) is 5.92 Å². The van der Waals surface area contributed by atoms with Crippen LogP contribution in [0.25, 0.3) is 11.0 Å². The second-order valence-corrected chi connectivity index (χ2v) is 6.11. The van der Waals surface area contributed by atoms with E-state index in [1.807, 2.05) is 12.1 Å². The number of amides is 1. The summed E-state index contributed by atoms with van der Waals surface area (Å²) in [7, 11) is 1.60. The number of benzene rings is 1. The number of nitrogens with one attached hydrogen (secondary N) is 1. The molecule has 6 heteroatoms. The minimum Gasteiger partial charge on any atom is -0.497 e. The molecule has 2 bridgehead atoms. The number of nitrogens with zero attached hydrogens (tertiary/aromatic N) is 2. The lowest BCUT2D eigenvalue weighted by atomic mass is 9.84. The summed E-state index contributed by atoms with van der Waals surface area (Å²) < 4.78 is 10.4. The lowest BCUT2D eigenvalue weighted by molar-refractivity contribution is 0.0616. The topological polar surface area (TPSA) is 67.6 Å². The van der Waals surface area contributed by atoms with Gasteiger partial charge in [-0.2, -0.15) is 0 Å². The molecule has 2 aromatic rings. The Hall–Kier alpha value is -2.08. The standard InChI is InChI=1S/C16H19N3O3/c1-21-11-2-3-12-14(8-11)22-18-15(12)16(20)17-13-9-19-6-4-10(13)5-7-19/h2-3,8,10,13H,4-7,9H2,1H3,(H,17,20)/t13-/m1/s1. The molecular formula is C16H19N3O3. The largest absolute Gasteiger partial charge is 0.497 e. The first-order valence-corrected chi connectivity index (χ1v) is 7.71. The van der Waals surface area contributed by atoms with Gasteiger partial charge in [0, 0.05) is 18.7 Å². The summed E-state index contributed by atoms with van der Waals surface area (Å²) in [5.41, 5.74) is 0.924. The zero-order chi connectivity index (χ0) is 15.1. The van der Waals surface area contributed by atoms with Crippen LogP contribution in [0.15, 0.2) is 22.7 Å². The van der Waals surface area contributed by atoms with E-state index in [4.69, 9.17) is 9.26 Å². The average Bonchev–Trinajstić information content (AvgIpc) is 2.99. The van der Waals surface area contributed by atoms with E-state index in [1.54, 1.807) is 13.2 Å². The maximum absolute atomic E-state index is 12.5. The second kappa shape index (κ2) is 5.28. The summed E-state index contributed by atoms with van der Waals surface area (Å²) in [6.45, 7) is 3.26. The Kier molecular flexibility index (Phi) is 3.26. The number of methoxy groups -OCH3 is 1. The highest BCUT2D eigenvalue weighted by Crippen LogP contribution is 2.28. The van der Waals surface area contributed by atoms with Gasteiger partial charge in [-0.25, -0.2) is 0 Å². The molecule has 0 saturated carbocycles. The highest BCUT2D eigenvalue weighted by molar-refractivity contribution is 6.04. The second-order valence-electron chi connectivity index (χ2n) is 6.11. The van der Waals surface area contributed by atoms with Crippen LogP contribution in [0.5, 0.6) is 5.75 Å². The molecule has 1 aromatic carbocycles. The van der Waals surface area contributed by atoms with Gasteiger partial charge >= 0.3 is 0 Å². The Balaban J connectivity index is 1.55. The van der Waals surface area contributed by atoms with Crippen molar-refractivity contribution in [1.29, 1.82) is 0 Å². The number of aromatic nitrogens is 1. The summed E-state index contributed by atoms with van der Waals surface area (Å²) in [5, 5.41) is 7.80. The van der Waals surface area contributed by atoms with E-state index in [9.17, 15) is 4.79 Å². The first-order valence-electron chi connectivity index (χ1n) is 7.71. The van der Waals surface area contributed by atoms with E-state index in [0.29, 0.717) is 22.9 Å². The molecule has 0 aliphatic carbocycles. The molecular weight excluding hydrogens is 282 g/mol. The number of hydrogen-bond donors (Lipinski definition) is 1. The fourth-order valence-corrected chi connectivity index (χ4v) is 3.57. The smallest absolute Gasteiger partial charge is 0.274 e. The van der Waals surface area contributed by atoms with Gasteiger partial charge in [-0.15, -0.1) is 0 Å². The first kappa shape index (κ1) is 13.6. The van der Waals surface area contributed by atoms with Crippen LogP contribution in [0.3, 0.4) is 0 Å². The number of carbonyl (C=O) groups excluding carboxylic acids is 1. The number of ether oxygens (including phenoxy) is 1. The fourth-order valence-electron chi connectivity index (χ4n) is 3.57. The molecule has 3 fully saturated rings. The molecule has 116 valence electrons. The Labute approximate surface area is 128 Å². The van der Waals surface area contributed by atoms with Crippen LogP contribution in [0, 0.1) is 5.92 Å². The summed E-state index contributed by atoms with van der Waals surface area (Å²) in [5.74, 6) is 1.13. The van der Waals surface area contributed by atoms with Gasteiger partial charge in [-0.3, -0.25) is 4.79 Å². The first-order chi connectivity index (χ1) is 10.7. The van der Waals surface area contributed by atoms with Crippen LogP contribution in [0.1, 0.15) is 23.3 Å². The molecule has 1 amide bonds. The van der Waals surface area contributed by atoms with E-state index in [-0.39, 0.29) is 11.9 Å². The summed E-state index contributed by atoms with van der Waals surface area (Å²) in [6, 6.07) is 5.59. The van der Waals surface area contributed by atoms with Crippen molar-refractivity contribution in [3.05, 3.63) is 23.9 Å². The summed E-state index contributed by atoms with van der Waals surface area (Å²) >= 11 is 0. The molecule has 1 aromatic heterocycles. The van der Waals surface area contributed by atoms with Gasteiger partial charge in [0.05, 0.1) is 12.5 Å². The molecule has 5 rings (SSSR count). The molecule has 3 aliphatic heterocycles. The molecule has 1 N–H and O–H groups in total. The Morgan fingerprint density at radius 2 is 2.23 bits per heavy atom. The zero-order valence-electron chi connectivity index (χ0n) is 12.5. The SMILES string of the molecule is COc1ccc2c(C(=O)N[C@@H]3CN4CCC3CC4)noc2c1. The predicted octanol–water partition coefficient (Wildman–Crippen LogP) is 1.66. The normalized spacial score (nSPS) is 27.0. The van der Waals surface area contributed by atoms with Gasteiger partial charge < -0.3 is 19.5 Å². The number of fused-ring (bicyclic) bond motifs is 4. The van der Waals surface area contributed by atoms with Crippen molar-refractivity contribution in [1.82, 2.24) is 15.4 Å². The predicted molar refractivity (Wildman–Crippen MR) is 81.0 cm³/mol. The Morgan fingerprint density at radius 3 is 2.91 bits per heavy atom. The highest BCUT2D eigenvalue weighted by Gasteiger charge is 2.35.